The van der Waals surface area contributed by atoms with Crippen molar-refractivity contribution in [3.05, 3.63) is 47.0 Å². The molecule has 0 saturated heterocycles. The van der Waals surface area contributed by atoms with Crippen molar-refractivity contribution in [1.82, 2.24) is 5.32 Å². The minimum atomic E-state index is -2.72. The molecule has 0 saturated carbocycles. The topological polar surface area (TPSA) is 122 Å². The summed E-state index contributed by atoms with van der Waals surface area (Å²) in [6.07, 6.45) is 0. The van der Waals surface area contributed by atoms with Gasteiger partial charge >= 0.3 is 22.4 Å². The molecule has 2 N–H and O–H groups in total. The molecule has 0 radical (unpaired) electrons. The number of aliphatic carboxylic acids is 1. The first-order chi connectivity index (χ1) is 14.8. The molecule has 0 spiro atoms. The molecule has 0 aliphatic carbocycles. The van der Waals surface area contributed by atoms with Crippen LogP contribution in [-0.2, 0) is 20.1 Å². The van der Waals surface area contributed by atoms with Crippen molar-refractivity contribution in [2.75, 3.05) is 6.54 Å². The zero-order valence-electron chi connectivity index (χ0n) is 18.3. The van der Waals surface area contributed by atoms with E-state index in [-0.39, 0.29) is 16.6 Å². The summed E-state index contributed by atoms with van der Waals surface area (Å²) in [7, 11) is -2.72. The molecule has 0 heterocycles. The monoisotopic (exact) mass is 476 g/mol. The first-order valence-corrected chi connectivity index (χ1v) is 11.0. The van der Waals surface area contributed by atoms with Gasteiger partial charge in [0.2, 0.25) is 0 Å². The van der Waals surface area contributed by atoms with Crippen molar-refractivity contribution in [3.8, 4) is 16.9 Å². The number of nitrogens with zero attached hydrogens (tertiary/aromatic N) is 1. The second-order valence-electron chi connectivity index (χ2n) is 8.21. The maximum Gasteiger partial charge on any atom is 0.322 e. The van der Waals surface area contributed by atoms with Crippen LogP contribution in [0.2, 0.25) is 0 Å². The highest BCUT2D eigenvalue weighted by Crippen LogP contribution is 2.37. The van der Waals surface area contributed by atoms with Crippen LogP contribution in [0.4, 0.5) is 5.69 Å². The molecule has 0 amide bonds. The van der Waals surface area contributed by atoms with Gasteiger partial charge < -0.3 is 15.2 Å². The SMILES string of the molecule is Cc1cc(N=S(=O)=O)c(-c2ccc(OC(=O)C(C)(C)C)c(C)c2)c(C(=S)NCC(=O)O)c1. The molecule has 0 aliphatic rings. The van der Waals surface area contributed by atoms with Gasteiger partial charge in [-0.25, -0.2) is 0 Å². The minimum absolute atomic E-state index is 0.139. The van der Waals surface area contributed by atoms with E-state index < -0.39 is 28.4 Å². The second-order valence-corrected chi connectivity index (χ2v) is 9.24. The van der Waals surface area contributed by atoms with Crippen LogP contribution in [0.25, 0.3) is 11.1 Å². The molecule has 0 aliphatic heterocycles. The number of carbonyl (C=O) groups excluding carboxylic acids is 1. The third-order valence-corrected chi connectivity index (χ3v) is 5.07. The second kappa shape index (κ2) is 10.0. The van der Waals surface area contributed by atoms with Gasteiger partial charge in [-0.05, 0) is 75.6 Å². The Bertz CT molecular complexity index is 1220. The van der Waals surface area contributed by atoms with Gasteiger partial charge in [0.15, 0.2) is 0 Å². The van der Waals surface area contributed by atoms with Gasteiger partial charge in [-0.15, -0.1) is 4.36 Å². The number of carbonyl (C=O) groups is 2. The summed E-state index contributed by atoms with van der Waals surface area (Å²) in [6, 6.07) is 8.33. The number of rotatable bonds is 6. The number of carboxylic acids is 1. The van der Waals surface area contributed by atoms with E-state index in [0.717, 1.165) is 0 Å². The Balaban J connectivity index is 2.65. The molecule has 8 nitrogen and oxygen atoms in total. The third-order valence-electron chi connectivity index (χ3n) is 4.36. The highest BCUT2D eigenvalue weighted by Gasteiger charge is 2.24. The molecule has 0 unspecified atom stereocenters. The number of esters is 1. The van der Waals surface area contributed by atoms with E-state index in [2.05, 4.69) is 9.68 Å². The zero-order chi connectivity index (χ0) is 24.2. The van der Waals surface area contributed by atoms with Gasteiger partial charge in [-0.1, -0.05) is 18.3 Å². The molecule has 32 heavy (non-hydrogen) atoms. The Hall–Kier alpha value is -3.11. The standard InChI is InChI=1S/C22H24N2O6S2/c1-12-8-15(20(31)23-11-18(25)26)19(16(9-12)24-32(28)29)14-6-7-17(13(2)10-14)30-21(27)22(3,4)5/h6-10H,11H2,1-5H3,(H,23,31)(H,25,26). The number of hydrogen-bond acceptors (Lipinski definition) is 7. The number of thiocarbonyl (C=S) groups is 1. The summed E-state index contributed by atoms with van der Waals surface area (Å²) in [5.41, 5.74) is 2.25. The normalized spacial score (nSPS) is 10.9. The summed E-state index contributed by atoms with van der Waals surface area (Å²) in [5.74, 6) is -1.10. The molecule has 2 rings (SSSR count). The summed E-state index contributed by atoms with van der Waals surface area (Å²) in [4.78, 5) is 23.3. The fraction of sp³-hybridized carbons (Fsp3) is 0.318. The van der Waals surface area contributed by atoms with Crippen LogP contribution in [0.3, 0.4) is 0 Å². The van der Waals surface area contributed by atoms with Crippen LogP contribution in [0, 0.1) is 19.3 Å². The van der Waals surface area contributed by atoms with Gasteiger partial charge in [0, 0.05) is 11.1 Å². The number of ether oxygens (including phenoxy) is 1. The average molecular weight is 477 g/mol. The van der Waals surface area contributed by atoms with Crippen LogP contribution >= 0.6 is 12.2 Å². The molecular formula is C22H24N2O6S2. The van der Waals surface area contributed by atoms with E-state index in [1.807, 2.05) is 0 Å². The van der Waals surface area contributed by atoms with Gasteiger partial charge in [-0.3, -0.25) is 9.59 Å². The average Bonchev–Trinajstić information content (AvgIpc) is 2.66. The number of benzene rings is 2. The van der Waals surface area contributed by atoms with Crippen molar-refractivity contribution < 1.29 is 27.9 Å². The number of hydrogen-bond donors (Lipinski definition) is 2. The van der Waals surface area contributed by atoms with Crippen LogP contribution in [0.1, 0.15) is 37.5 Å². The van der Waals surface area contributed by atoms with Crippen LogP contribution in [0.5, 0.6) is 5.75 Å². The smallest absolute Gasteiger partial charge is 0.322 e. The molecule has 0 bridgehead atoms. The van der Waals surface area contributed by atoms with Crippen LogP contribution < -0.4 is 10.1 Å². The number of carboxylic acid groups (broad SMARTS) is 1. The third kappa shape index (κ3) is 6.44. The lowest BCUT2D eigenvalue weighted by molar-refractivity contribution is -0.143. The fourth-order valence-electron chi connectivity index (χ4n) is 2.83. The van der Waals surface area contributed by atoms with Gasteiger partial charge in [0.1, 0.15) is 17.3 Å². The van der Waals surface area contributed by atoms with Crippen molar-refractivity contribution in [3.63, 3.8) is 0 Å². The molecular weight excluding hydrogens is 452 g/mol. The molecule has 170 valence electrons. The Morgan fingerprint density at radius 1 is 1.16 bits per heavy atom. The van der Waals surface area contributed by atoms with Crippen molar-refractivity contribution >= 4 is 45.3 Å². The lowest BCUT2D eigenvalue weighted by atomic mass is 9.94. The predicted octanol–water partition coefficient (Wildman–Crippen LogP) is 3.97. The van der Waals surface area contributed by atoms with Gasteiger partial charge in [0.25, 0.3) is 0 Å². The van der Waals surface area contributed by atoms with Crippen molar-refractivity contribution in [2.45, 2.75) is 34.6 Å². The van der Waals surface area contributed by atoms with E-state index >= 15 is 0 Å². The van der Waals surface area contributed by atoms with Crippen molar-refractivity contribution in [1.29, 1.82) is 0 Å². The maximum absolute atomic E-state index is 12.2. The predicted molar refractivity (Wildman–Crippen MR) is 125 cm³/mol. The van der Waals surface area contributed by atoms with E-state index in [9.17, 15) is 18.0 Å². The molecule has 10 heteroatoms. The lowest BCUT2D eigenvalue weighted by Crippen LogP contribution is -2.29. The maximum atomic E-state index is 12.2. The van der Waals surface area contributed by atoms with Gasteiger partial charge in [0.05, 0.1) is 11.1 Å². The number of nitrogens with one attached hydrogen (secondary N) is 1. The van der Waals surface area contributed by atoms with E-state index in [0.29, 0.717) is 33.6 Å². The number of aryl methyl sites for hydroxylation is 2. The lowest BCUT2D eigenvalue weighted by Gasteiger charge is -2.19. The summed E-state index contributed by atoms with van der Waals surface area (Å²) in [6.45, 7) is 8.36. The quantitative estimate of drug-likeness (QED) is 0.365. The Labute approximate surface area is 193 Å². The molecule has 2 aromatic carbocycles. The Morgan fingerprint density at radius 2 is 1.81 bits per heavy atom. The Morgan fingerprint density at radius 3 is 2.34 bits per heavy atom. The summed E-state index contributed by atoms with van der Waals surface area (Å²) >= 11 is 5.38. The first-order valence-electron chi connectivity index (χ1n) is 9.58. The minimum Gasteiger partial charge on any atom is -0.480 e. The molecule has 0 aromatic heterocycles. The van der Waals surface area contributed by atoms with Gasteiger partial charge in [-0.2, -0.15) is 8.42 Å². The Kier molecular flexibility index (Phi) is 7.87. The summed E-state index contributed by atoms with van der Waals surface area (Å²) < 4.78 is 31.9. The van der Waals surface area contributed by atoms with Crippen LogP contribution in [0.15, 0.2) is 34.7 Å². The molecule has 0 atom stereocenters. The van der Waals surface area contributed by atoms with Crippen molar-refractivity contribution in [2.24, 2.45) is 9.78 Å². The summed E-state index contributed by atoms with van der Waals surface area (Å²) in [5, 5.41) is 11.6. The zero-order valence-corrected chi connectivity index (χ0v) is 20.0. The fourth-order valence-corrected chi connectivity index (χ4v) is 3.36. The van der Waals surface area contributed by atoms with Crippen LogP contribution in [-0.4, -0.2) is 37.0 Å². The largest absolute Gasteiger partial charge is 0.480 e. The highest BCUT2D eigenvalue weighted by molar-refractivity contribution is 7.80. The van der Waals surface area contributed by atoms with E-state index in [1.165, 1.54) is 0 Å². The first kappa shape index (κ1) is 25.2. The molecule has 2 aromatic rings. The highest BCUT2D eigenvalue weighted by atomic mass is 32.2. The molecule has 0 fully saturated rings. The van der Waals surface area contributed by atoms with E-state index in [4.69, 9.17) is 22.1 Å². The van der Waals surface area contributed by atoms with E-state index in [1.54, 1.807) is 65.0 Å².